The molecule has 0 atom stereocenters. The summed E-state index contributed by atoms with van der Waals surface area (Å²) in [5.41, 5.74) is 6.91. The summed E-state index contributed by atoms with van der Waals surface area (Å²) in [5, 5.41) is 2.83. The molecule has 5 nitrogen and oxygen atoms in total. The number of pyridine rings is 1. The van der Waals surface area contributed by atoms with Gasteiger partial charge in [0.25, 0.3) is 5.91 Å². The van der Waals surface area contributed by atoms with E-state index < -0.39 is 0 Å². The van der Waals surface area contributed by atoms with Gasteiger partial charge in [0.1, 0.15) is 5.82 Å². The third-order valence-corrected chi connectivity index (χ3v) is 3.28. The molecule has 3 N–H and O–H groups in total. The molecule has 104 valence electrons. The van der Waals surface area contributed by atoms with Gasteiger partial charge < -0.3 is 15.8 Å². The van der Waals surface area contributed by atoms with Crippen molar-refractivity contribution in [2.45, 2.75) is 38.7 Å². The molecule has 19 heavy (non-hydrogen) atoms. The van der Waals surface area contributed by atoms with Crippen LogP contribution in [0.2, 0.25) is 0 Å². The van der Waals surface area contributed by atoms with Crippen molar-refractivity contribution in [1.29, 1.82) is 0 Å². The molecular weight excluding hydrogens is 242 g/mol. The van der Waals surface area contributed by atoms with Gasteiger partial charge in [-0.25, -0.2) is 4.98 Å². The second kappa shape index (κ2) is 6.52. The fourth-order valence-corrected chi connectivity index (χ4v) is 2.37. The van der Waals surface area contributed by atoms with Gasteiger partial charge in [0, 0.05) is 17.8 Å². The Hall–Kier alpha value is -1.62. The number of amides is 1. The molecule has 0 bridgehead atoms. The van der Waals surface area contributed by atoms with Crippen molar-refractivity contribution in [1.82, 2.24) is 10.3 Å². The zero-order chi connectivity index (χ0) is 13.7. The highest BCUT2D eigenvalue weighted by molar-refractivity contribution is 5.94. The van der Waals surface area contributed by atoms with Gasteiger partial charge in [0.15, 0.2) is 0 Å². The van der Waals surface area contributed by atoms with Crippen molar-refractivity contribution >= 4 is 11.7 Å². The van der Waals surface area contributed by atoms with Crippen molar-refractivity contribution in [3.8, 4) is 0 Å². The Kier molecular flexibility index (Phi) is 4.74. The van der Waals surface area contributed by atoms with E-state index in [-0.39, 0.29) is 5.91 Å². The first-order valence-corrected chi connectivity index (χ1v) is 6.79. The predicted molar refractivity (Wildman–Crippen MR) is 73.9 cm³/mol. The first-order valence-electron chi connectivity index (χ1n) is 6.79. The number of hydrogen-bond donors (Lipinski definition) is 2. The Bertz CT molecular complexity index is 422. The number of nitrogens with zero attached hydrogens (tertiary/aromatic N) is 1. The largest absolute Gasteiger partial charge is 0.384 e. The number of hydrogen-bond acceptors (Lipinski definition) is 4. The number of aryl methyl sites for hydroxylation is 1. The molecule has 0 aliphatic heterocycles. The summed E-state index contributed by atoms with van der Waals surface area (Å²) in [7, 11) is 0. The van der Waals surface area contributed by atoms with Crippen LogP contribution in [0.15, 0.2) is 12.1 Å². The lowest BCUT2D eigenvalue weighted by molar-refractivity contribution is 0.0582. The van der Waals surface area contributed by atoms with E-state index in [1.54, 1.807) is 12.1 Å². The van der Waals surface area contributed by atoms with Crippen LogP contribution < -0.4 is 11.1 Å². The number of carbonyl (C=O) groups excluding carboxylic acids is 1. The molecule has 1 aromatic heterocycles. The zero-order valence-electron chi connectivity index (χ0n) is 11.3. The zero-order valence-corrected chi connectivity index (χ0v) is 11.3. The summed E-state index contributed by atoms with van der Waals surface area (Å²) in [6, 6.07) is 3.31. The van der Waals surface area contributed by atoms with Crippen LogP contribution in [0.25, 0.3) is 0 Å². The Labute approximate surface area is 113 Å². The van der Waals surface area contributed by atoms with Crippen LogP contribution in [0.4, 0.5) is 5.82 Å². The third-order valence-electron chi connectivity index (χ3n) is 3.28. The molecular formula is C14H21N3O2. The average molecular weight is 263 g/mol. The number of aromatic nitrogens is 1. The van der Waals surface area contributed by atoms with Gasteiger partial charge in [-0.2, -0.15) is 0 Å². The molecule has 1 heterocycles. The lowest BCUT2D eigenvalue weighted by atomic mass is 10.2. The van der Waals surface area contributed by atoms with Crippen molar-refractivity contribution in [3.63, 3.8) is 0 Å². The van der Waals surface area contributed by atoms with E-state index >= 15 is 0 Å². The highest BCUT2D eigenvalue weighted by atomic mass is 16.5. The normalized spacial score (nSPS) is 15.6. The van der Waals surface area contributed by atoms with E-state index in [0.717, 1.165) is 18.5 Å². The second-order valence-corrected chi connectivity index (χ2v) is 4.96. The minimum absolute atomic E-state index is 0.132. The number of carbonyl (C=O) groups is 1. The Morgan fingerprint density at radius 1 is 1.47 bits per heavy atom. The maximum atomic E-state index is 11.9. The van der Waals surface area contributed by atoms with Crippen LogP contribution in [-0.2, 0) is 4.74 Å². The molecule has 0 radical (unpaired) electrons. The van der Waals surface area contributed by atoms with E-state index in [1.807, 2.05) is 6.92 Å². The van der Waals surface area contributed by atoms with Crippen molar-refractivity contribution in [2.24, 2.45) is 0 Å². The summed E-state index contributed by atoms with van der Waals surface area (Å²) in [6.07, 6.45) is 5.19. The molecule has 1 aliphatic rings. The van der Waals surface area contributed by atoms with E-state index in [1.165, 1.54) is 12.8 Å². The number of anilines is 1. The van der Waals surface area contributed by atoms with Gasteiger partial charge in [-0.3, -0.25) is 4.79 Å². The fourth-order valence-electron chi connectivity index (χ4n) is 2.37. The summed E-state index contributed by atoms with van der Waals surface area (Å²) in [6.45, 7) is 2.91. The van der Waals surface area contributed by atoms with Crippen molar-refractivity contribution in [3.05, 3.63) is 23.4 Å². The lowest BCUT2D eigenvalue weighted by Gasteiger charge is -2.11. The Balaban J connectivity index is 1.74. The van der Waals surface area contributed by atoms with E-state index in [4.69, 9.17) is 10.5 Å². The Morgan fingerprint density at radius 3 is 2.89 bits per heavy atom. The topological polar surface area (TPSA) is 77.2 Å². The van der Waals surface area contributed by atoms with E-state index in [2.05, 4.69) is 10.3 Å². The lowest BCUT2D eigenvalue weighted by Crippen LogP contribution is -2.28. The molecule has 0 aromatic carbocycles. The summed E-state index contributed by atoms with van der Waals surface area (Å²) < 4.78 is 5.68. The SMILES string of the molecule is Cc1cc(C(=O)NCCOC2CCCC2)cc(N)n1. The fraction of sp³-hybridized carbons (Fsp3) is 0.571. The molecule has 1 aromatic rings. The molecule has 2 rings (SSSR count). The number of ether oxygens (including phenoxy) is 1. The minimum atomic E-state index is -0.132. The molecule has 0 spiro atoms. The predicted octanol–water partition coefficient (Wildman–Crippen LogP) is 1.66. The van der Waals surface area contributed by atoms with Gasteiger partial charge >= 0.3 is 0 Å². The van der Waals surface area contributed by atoms with Gasteiger partial charge in [-0.1, -0.05) is 12.8 Å². The van der Waals surface area contributed by atoms with Crippen LogP contribution in [0, 0.1) is 6.92 Å². The van der Waals surface area contributed by atoms with Crippen LogP contribution in [0.5, 0.6) is 0 Å². The van der Waals surface area contributed by atoms with Crippen molar-refractivity contribution < 1.29 is 9.53 Å². The van der Waals surface area contributed by atoms with Gasteiger partial charge in [0.05, 0.1) is 12.7 Å². The van der Waals surface area contributed by atoms with Crippen LogP contribution in [-0.4, -0.2) is 30.1 Å². The highest BCUT2D eigenvalue weighted by Gasteiger charge is 2.15. The maximum absolute atomic E-state index is 11.9. The summed E-state index contributed by atoms with van der Waals surface area (Å²) >= 11 is 0. The second-order valence-electron chi connectivity index (χ2n) is 4.96. The average Bonchev–Trinajstić information content (AvgIpc) is 2.86. The van der Waals surface area contributed by atoms with Gasteiger partial charge in [-0.05, 0) is 31.9 Å². The minimum Gasteiger partial charge on any atom is -0.384 e. The molecule has 5 heteroatoms. The smallest absolute Gasteiger partial charge is 0.251 e. The summed E-state index contributed by atoms with van der Waals surface area (Å²) in [5.74, 6) is 0.236. The number of rotatable bonds is 5. The molecule has 0 saturated heterocycles. The van der Waals surface area contributed by atoms with Crippen LogP contribution >= 0.6 is 0 Å². The number of nitrogens with one attached hydrogen (secondary N) is 1. The van der Waals surface area contributed by atoms with E-state index in [9.17, 15) is 4.79 Å². The molecule has 1 amide bonds. The monoisotopic (exact) mass is 263 g/mol. The quantitative estimate of drug-likeness (QED) is 0.792. The number of nitrogen functional groups attached to an aromatic ring is 1. The number of nitrogens with two attached hydrogens (primary N) is 1. The third kappa shape index (κ3) is 4.21. The first-order chi connectivity index (χ1) is 9.15. The first kappa shape index (κ1) is 13.8. The van der Waals surface area contributed by atoms with E-state index in [0.29, 0.717) is 30.6 Å². The van der Waals surface area contributed by atoms with Crippen LogP contribution in [0.3, 0.4) is 0 Å². The summed E-state index contributed by atoms with van der Waals surface area (Å²) in [4.78, 5) is 15.9. The maximum Gasteiger partial charge on any atom is 0.251 e. The Morgan fingerprint density at radius 2 is 2.21 bits per heavy atom. The molecule has 1 fully saturated rings. The standard InChI is InChI=1S/C14H21N3O2/c1-10-8-11(9-13(15)17-10)14(18)16-6-7-19-12-4-2-3-5-12/h8-9,12H,2-7H2,1H3,(H2,15,17)(H,16,18). The molecule has 0 unspecified atom stereocenters. The van der Waals surface area contributed by atoms with Crippen LogP contribution in [0.1, 0.15) is 41.7 Å². The van der Waals surface area contributed by atoms with Gasteiger partial charge in [0.2, 0.25) is 0 Å². The highest BCUT2D eigenvalue weighted by Crippen LogP contribution is 2.20. The van der Waals surface area contributed by atoms with Gasteiger partial charge in [-0.15, -0.1) is 0 Å². The molecule has 1 saturated carbocycles. The molecule has 1 aliphatic carbocycles. The van der Waals surface area contributed by atoms with Crippen molar-refractivity contribution in [2.75, 3.05) is 18.9 Å².